The molecule has 0 aliphatic heterocycles. The van der Waals surface area contributed by atoms with Crippen molar-refractivity contribution in [1.29, 1.82) is 0 Å². The fraction of sp³-hybridized carbons (Fsp3) is 0.364. The van der Waals surface area contributed by atoms with E-state index in [1.807, 2.05) is 24.3 Å². The second-order valence-corrected chi connectivity index (χ2v) is 4.74. The molecule has 0 atom stereocenters. The van der Waals surface area contributed by atoms with Gasteiger partial charge in [-0.05, 0) is 19.9 Å². The summed E-state index contributed by atoms with van der Waals surface area (Å²) in [6, 6.07) is 7.58. The second kappa shape index (κ2) is 4.77. The van der Waals surface area contributed by atoms with Crippen LogP contribution in [0.4, 0.5) is 0 Å². The quantitative estimate of drug-likeness (QED) is 0.858. The van der Waals surface area contributed by atoms with E-state index < -0.39 is 11.5 Å². The first kappa shape index (κ1) is 12.2. The number of hydrogen-bond donors (Lipinski definition) is 1. The van der Waals surface area contributed by atoms with Gasteiger partial charge in [-0.2, -0.15) is 0 Å². The van der Waals surface area contributed by atoms with E-state index in [0.29, 0.717) is 0 Å². The van der Waals surface area contributed by atoms with Crippen molar-refractivity contribution in [2.45, 2.75) is 26.0 Å². The van der Waals surface area contributed by atoms with Gasteiger partial charge in [0.25, 0.3) is 0 Å². The first-order valence-electron chi connectivity index (χ1n) is 4.61. The normalized spacial score (nSPS) is 11.2. The Morgan fingerprint density at radius 2 is 2.07 bits per heavy atom. The molecule has 3 nitrogen and oxygen atoms in total. The predicted octanol–water partition coefficient (Wildman–Crippen LogP) is 2.23. The van der Waals surface area contributed by atoms with Crippen LogP contribution in [0.25, 0.3) is 0 Å². The van der Waals surface area contributed by atoms with E-state index in [-0.39, 0.29) is 6.61 Å². The zero-order chi connectivity index (χ0) is 11.5. The number of carbonyl (C=O) groups excluding carboxylic acids is 1. The molecule has 0 aliphatic rings. The number of carbonyl (C=O) groups is 1. The summed E-state index contributed by atoms with van der Waals surface area (Å²) in [6.45, 7) is 3.48. The predicted molar refractivity (Wildman–Crippen MR) is 62.2 cm³/mol. The molecule has 0 saturated carbocycles. The minimum absolute atomic E-state index is 0.237. The van der Waals surface area contributed by atoms with E-state index >= 15 is 0 Å². The molecular formula is C11H14BrNO2. The van der Waals surface area contributed by atoms with Gasteiger partial charge in [-0.1, -0.05) is 34.1 Å². The summed E-state index contributed by atoms with van der Waals surface area (Å²) in [5.41, 5.74) is 5.58. The van der Waals surface area contributed by atoms with Gasteiger partial charge in [0, 0.05) is 10.0 Å². The van der Waals surface area contributed by atoms with Crippen LogP contribution >= 0.6 is 15.9 Å². The Balaban J connectivity index is 2.59. The van der Waals surface area contributed by atoms with Crippen LogP contribution in [0.1, 0.15) is 19.4 Å². The molecule has 2 N–H and O–H groups in total. The molecule has 0 heterocycles. The minimum atomic E-state index is -0.943. The van der Waals surface area contributed by atoms with Crippen molar-refractivity contribution in [1.82, 2.24) is 0 Å². The van der Waals surface area contributed by atoms with Crippen molar-refractivity contribution in [2.75, 3.05) is 0 Å². The van der Waals surface area contributed by atoms with Crippen LogP contribution in [0.2, 0.25) is 0 Å². The Morgan fingerprint density at radius 1 is 1.47 bits per heavy atom. The van der Waals surface area contributed by atoms with Crippen molar-refractivity contribution in [3.8, 4) is 0 Å². The van der Waals surface area contributed by atoms with E-state index in [2.05, 4.69) is 15.9 Å². The Hall–Kier alpha value is -0.870. The molecule has 0 amide bonds. The average molecular weight is 272 g/mol. The summed E-state index contributed by atoms with van der Waals surface area (Å²) in [4.78, 5) is 11.4. The zero-order valence-corrected chi connectivity index (χ0v) is 10.4. The first-order valence-corrected chi connectivity index (χ1v) is 5.40. The number of ether oxygens (including phenoxy) is 1. The molecule has 82 valence electrons. The van der Waals surface area contributed by atoms with E-state index in [1.54, 1.807) is 13.8 Å². The summed E-state index contributed by atoms with van der Waals surface area (Å²) in [6.07, 6.45) is 0. The number of benzene rings is 1. The fourth-order valence-corrected chi connectivity index (χ4v) is 1.34. The lowest BCUT2D eigenvalue weighted by Gasteiger charge is -2.16. The molecule has 0 aliphatic carbocycles. The lowest BCUT2D eigenvalue weighted by molar-refractivity contribution is -0.150. The molecule has 0 fully saturated rings. The SMILES string of the molecule is CC(C)(N)C(=O)OCc1ccccc1Br. The van der Waals surface area contributed by atoms with Crippen LogP contribution in [0, 0.1) is 0 Å². The highest BCUT2D eigenvalue weighted by atomic mass is 79.9. The highest BCUT2D eigenvalue weighted by Crippen LogP contribution is 2.17. The number of halogens is 1. The van der Waals surface area contributed by atoms with Crippen molar-refractivity contribution in [3.63, 3.8) is 0 Å². The van der Waals surface area contributed by atoms with Gasteiger partial charge in [0.1, 0.15) is 12.1 Å². The maximum absolute atomic E-state index is 11.4. The van der Waals surface area contributed by atoms with Gasteiger partial charge in [-0.3, -0.25) is 4.79 Å². The van der Waals surface area contributed by atoms with Gasteiger partial charge >= 0.3 is 5.97 Å². The van der Waals surface area contributed by atoms with Crippen molar-refractivity contribution >= 4 is 21.9 Å². The summed E-state index contributed by atoms with van der Waals surface area (Å²) >= 11 is 3.37. The summed E-state index contributed by atoms with van der Waals surface area (Å²) in [5.74, 6) is -0.404. The molecule has 15 heavy (non-hydrogen) atoms. The Kier molecular flexibility index (Phi) is 3.88. The standard InChI is InChI=1S/C11H14BrNO2/c1-11(2,13)10(14)15-7-8-5-3-4-6-9(8)12/h3-6H,7,13H2,1-2H3. The molecule has 1 rings (SSSR count). The maximum atomic E-state index is 11.4. The number of hydrogen-bond acceptors (Lipinski definition) is 3. The molecule has 0 unspecified atom stereocenters. The van der Waals surface area contributed by atoms with E-state index in [4.69, 9.17) is 10.5 Å². The molecule has 0 saturated heterocycles. The Bertz CT molecular complexity index is 358. The third-order valence-electron chi connectivity index (χ3n) is 1.84. The Morgan fingerprint density at radius 3 is 2.60 bits per heavy atom. The average Bonchev–Trinajstić information content (AvgIpc) is 2.14. The zero-order valence-electron chi connectivity index (χ0n) is 8.79. The fourth-order valence-electron chi connectivity index (χ4n) is 0.945. The van der Waals surface area contributed by atoms with Crippen LogP contribution in [-0.4, -0.2) is 11.5 Å². The molecule has 4 heteroatoms. The van der Waals surface area contributed by atoms with Crippen LogP contribution in [-0.2, 0) is 16.1 Å². The lowest BCUT2D eigenvalue weighted by atomic mass is 10.1. The topological polar surface area (TPSA) is 52.3 Å². The second-order valence-electron chi connectivity index (χ2n) is 3.89. The van der Waals surface area contributed by atoms with Gasteiger partial charge in [0.2, 0.25) is 0 Å². The lowest BCUT2D eigenvalue weighted by Crippen LogP contribution is -2.42. The van der Waals surface area contributed by atoms with Gasteiger partial charge in [-0.15, -0.1) is 0 Å². The molecule has 1 aromatic carbocycles. The van der Waals surface area contributed by atoms with Gasteiger partial charge < -0.3 is 10.5 Å². The molecule has 0 spiro atoms. The summed E-state index contributed by atoms with van der Waals surface area (Å²) in [7, 11) is 0. The number of nitrogens with two attached hydrogens (primary N) is 1. The van der Waals surface area contributed by atoms with Gasteiger partial charge in [0.05, 0.1) is 0 Å². The largest absolute Gasteiger partial charge is 0.459 e. The van der Waals surface area contributed by atoms with E-state index in [1.165, 1.54) is 0 Å². The van der Waals surface area contributed by atoms with Crippen molar-refractivity contribution in [3.05, 3.63) is 34.3 Å². The van der Waals surface area contributed by atoms with Crippen LogP contribution in [0.15, 0.2) is 28.7 Å². The Labute approximate surface area is 97.7 Å². The summed E-state index contributed by atoms with van der Waals surface area (Å²) < 4.78 is 6.00. The van der Waals surface area contributed by atoms with Crippen molar-refractivity contribution < 1.29 is 9.53 Å². The maximum Gasteiger partial charge on any atom is 0.325 e. The first-order chi connectivity index (χ1) is 6.91. The molecular weight excluding hydrogens is 258 g/mol. The van der Waals surface area contributed by atoms with Gasteiger partial charge in [-0.25, -0.2) is 0 Å². The molecule has 1 aromatic rings. The number of rotatable bonds is 3. The monoisotopic (exact) mass is 271 g/mol. The van der Waals surface area contributed by atoms with Crippen LogP contribution in [0.5, 0.6) is 0 Å². The molecule has 0 radical (unpaired) electrons. The third-order valence-corrected chi connectivity index (χ3v) is 2.62. The van der Waals surface area contributed by atoms with Crippen LogP contribution < -0.4 is 5.73 Å². The van der Waals surface area contributed by atoms with Crippen molar-refractivity contribution in [2.24, 2.45) is 5.73 Å². The number of esters is 1. The minimum Gasteiger partial charge on any atom is -0.459 e. The third kappa shape index (κ3) is 3.64. The highest BCUT2D eigenvalue weighted by Gasteiger charge is 2.23. The molecule has 0 bridgehead atoms. The van der Waals surface area contributed by atoms with E-state index in [0.717, 1.165) is 10.0 Å². The summed E-state index contributed by atoms with van der Waals surface area (Å²) in [5, 5.41) is 0. The van der Waals surface area contributed by atoms with Gasteiger partial charge in [0.15, 0.2) is 0 Å². The van der Waals surface area contributed by atoms with Crippen LogP contribution in [0.3, 0.4) is 0 Å². The smallest absolute Gasteiger partial charge is 0.325 e. The van der Waals surface area contributed by atoms with E-state index in [9.17, 15) is 4.79 Å². The highest BCUT2D eigenvalue weighted by molar-refractivity contribution is 9.10. The molecule has 0 aromatic heterocycles.